The van der Waals surface area contributed by atoms with Crippen LogP contribution in [0.1, 0.15) is 36.1 Å². The lowest BCUT2D eigenvalue weighted by atomic mass is 9.68. The highest BCUT2D eigenvalue weighted by molar-refractivity contribution is 6.30. The van der Waals surface area contributed by atoms with Gasteiger partial charge >= 0.3 is 0 Å². The first-order chi connectivity index (χ1) is 12.1. The predicted molar refractivity (Wildman–Crippen MR) is 103 cm³/mol. The topological polar surface area (TPSA) is 32.3 Å². The molecule has 3 aromatic carbocycles. The standard InChI is InChI=1S/C22H20ClNO/c1-22(16-6-3-2-4-7-16)14-19(15-10-12-17(23)13-11-15)24-21-18(22)8-5-9-20(21)25/h2-13,19,24-25H,14H2,1H3/t19-,22-/m0/s1. The zero-order chi connectivity index (χ0) is 17.4. The quantitative estimate of drug-likeness (QED) is 0.564. The van der Waals surface area contributed by atoms with Gasteiger partial charge in [-0.05, 0) is 41.3 Å². The average molecular weight is 350 g/mol. The molecule has 0 unspecified atom stereocenters. The summed E-state index contributed by atoms with van der Waals surface area (Å²) < 4.78 is 0. The highest BCUT2D eigenvalue weighted by atomic mass is 35.5. The number of fused-ring (bicyclic) bond motifs is 1. The number of hydrogen-bond donors (Lipinski definition) is 2. The molecule has 3 heteroatoms. The molecule has 2 nitrogen and oxygen atoms in total. The molecule has 0 saturated carbocycles. The van der Waals surface area contributed by atoms with Crippen LogP contribution in [0.4, 0.5) is 5.69 Å². The van der Waals surface area contributed by atoms with Gasteiger partial charge in [-0.3, -0.25) is 0 Å². The Hall–Kier alpha value is -2.45. The van der Waals surface area contributed by atoms with E-state index in [1.54, 1.807) is 6.07 Å². The van der Waals surface area contributed by atoms with Crippen molar-refractivity contribution in [3.05, 3.63) is 94.5 Å². The van der Waals surface area contributed by atoms with Gasteiger partial charge in [0.25, 0.3) is 0 Å². The van der Waals surface area contributed by atoms with E-state index >= 15 is 0 Å². The largest absolute Gasteiger partial charge is 0.506 e. The third kappa shape index (κ3) is 2.77. The number of nitrogens with one attached hydrogen (secondary N) is 1. The van der Waals surface area contributed by atoms with Gasteiger partial charge in [0, 0.05) is 10.4 Å². The summed E-state index contributed by atoms with van der Waals surface area (Å²) in [6.45, 7) is 2.25. The van der Waals surface area contributed by atoms with Crippen LogP contribution in [0.25, 0.3) is 0 Å². The highest BCUT2D eigenvalue weighted by Crippen LogP contribution is 2.50. The molecule has 25 heavy (non-hydrogen) atoms. The highest BCUT2D eigenvalue weighted by Gasteiger charge is 2.39. The van der Waals surface area contributed by atoms with Crippen LogP contribution in [0.5, 0.6) is 5.75 Å². The van der Waals surface area contributed by atoms with Gasteiger partial charge in [-0.1, -0.05) is 73.1 Å². The summed E-state index contributed by atoms with van der Waals surface area (Å²) in [5, 5.41) is 14.7. The first-order valence-corrected chi connectivity index (χ1v) is 8.86. The number of benzene rings is 3. The Kier molecular flexibility index (Phi) is 3.93. The lowest BCUT2D eigenvalue weighted by molar-refractivity contribution is 0.438. The molecule has 0 aliphatic carbocycles. The summed E-state index contributed by atoms with van der Waals surface area (Å²) in [6.07, 6.45) is 0.898. The second kappa shape index (κ2) is 6.12. The number of phenols is 1. The van der Waals surface area contributed by atoms with Crippen molar-refractivity contribution in [3.8, 4) is 5.75 Å². The summed E-state index contributed by atoms with van der Waals surface area (Å²) in [6, 6.07) is 24.3. The molecule has 4 rings (SSSR count). The van der Waals surface area contributed by atoms with E-state index in [0.29, 0.717) is 5.75 Å². The number of aromatic hydroxyl groups is 1. The molecule has 2 atom stereocenters. The van der Waals surface area contributed by atoms with Crippen LogP contribution in [-0.2, 0) is 5.41 Å². The molecule has 0 fully saturated rings. The van der Waals surface area contributed by atoms with Gasteiger partial charge < -0.3 is 10.4 Å². The van der Waals surface area contributed by atoms with Crippen LogP contribution in [0, 0.1) is 0 Å². The van der Waals surface area contributed by atoms with Gasteiger partial charge in [-0.15, -0.1) is 0 Å². The molecule has 0 bridgehead atoms. The Morgan fingerprint density at radius 2 is 1.68 bits per heavy atom. The Bertz CT molecular complexity index is 892. The number of para-hydroxylation sites is 1. The summed E-state index contributed by atoms with van der Waals surface area (Å²) >= 11 is 6.05. The van der Waals surface area contributed by atoms with E-state index in [1.807, 2.05) is 24.3 Å². The lowest BCUT2D eigenvalue weighted by Crippen LogP contribution is -2.34. The van der Waals surface area contributed by atoms with Crippen molar-refractivity contribution in [2.45, 2.75) is 24.8 Å². The van der Waals surface area contributed by atoms with Gasteiger partial charge in [-0.25, -0.2) is 0 Å². The summed E-state index contributed by atoms with van der Waals surface area (Å²) in [5.74, 6) is 0.290. The minimum absolute atomic E-state index is 0.100. The third-order valence-electron chi connectivity index (χ3n) is 5.25. The van der Waals surface area contributed by atoms with Crippen LogP contribution in [0.3, 0.4) is 0 Å². The van der Waals surface area contributed by atoms with Crippen molar-refractivity contribution < 1.29 is 5.11 Å². The van der Waals surface area contributed by atoms with E-state index in [9.17, 15) is 5.11 Å². The van der Waals surface area contributed by atoms with Crippen molar-refractivity contribution in [1.82, 2.24) is 0 Å². The minimum Gasteiger partial charge on any atom is -0.506 e. The number of halogens is 1. The van der Waals surface area contributed by atoms with E-state index in [0.717, 1.165) is 22.7 Å². The maximum absolute atomic E-state index is 10.5. The van der Waals surface area contributed by atoms with Gasteiger partial charge in [0.05, 0.1) is 11.7 Å². The Morgan fingerprint density at radius 3 is 2.40 bits per heavy atom. The van der Waals surface area contributed by atoms with Crippen molar-refractivity contribution in [2.75, 3.05) is 5.32 Å². The van der Waals surface area contributed by atoms with Crippen LogP contribution in [0.15, 0.2) is 72.8 Å². The van der Waals surface area contributed by atoms with Crippen molar-refractivity contribution in [3.63, 3.8) is 0 Å². The zero-order valence-electron chi connectivity index (χ0n) is 14.0. The summed E-state index contributed by atoms with van der Waals surface area (Å²) in [4.78, 5) is 0. The fourth-order valence-electron chi connectivity index (χ4n) is 3.87. The molecule has 3 aromatic rings. The Labute approximate surface area is 153 Å². The molecule has 0 saturated heterocycles. The van der Waals surface area contributed by atoms with E-state index in [4.69, 9.17) is 11.6 Å². The number of anilines is 1. The van der Waals surface area contributed by atoms with Gasteiger partial charge in [0.1, 0.15) is 5.75 Å². The van der Waals surface area contributed by atoms with Gasteiger partial charge in [0.15, 0.2) is 0 Å². The lowest BCUT2D eigenvalue weighted by Gasteiger charge is -2.42. The molecule has 0 amide bonds. The SMILES string of the molecule is C[C@@]1(c2ccccc2)C[C@@H](c2ccc(Cl)cc2)Nc2c(O)cccc21. The number of rotatable bonds is 2. The summed E-state index contributed by atoms with van der Waals surface area (Å²) in [5.41, 5.74) is 4.18. The van der Waals surface area contributed by atoms with Crippen molar-refractivity contribution in [1.29, 1.82) is 0 Å². The molecular formula is C22H20ClNO. The monoisotopic (exact) mass is 349 g/mol. The maximum Gasteiger partial charge on any atom is 0.139 e. The molecule has 1 aliphatic rings. The van der Waals surface area contributed by atoms with Crippen LogP contribution < -0.4 is 5.32 Å². The minimum atomic E-state index is -0.190. The Morgan fingerprint density at radius 1 is 0.960 bits per heavy atom. The molecule has 2 N–H and O–H groups in total. The number of phenolic OH excluding ortho intramolecular Hbond substituents is 1. The first kappa shape index (κ1) is 16.0. The third-order valence-corrected chi connectivity index (χ3v) is 5.50. The van der Waals surface area contributed by atoms with Crippen molar-refractivity contribution in [2.24, 2.45) is 0 Å². The van der Waals surface area contributed by atoms with E-state index in [-0.39, 0.29) is 11.5 Å². The van der Waals surface area contributed by atoms with Crippen LogP contribution in [-0.4, -0.2) is 5.11 Å². The molecule has 0 radical (unpaired) electrons. The molecule has 1 aliphatic heterocycles. The number of hydrogen-bond acceptors (Lipinski definition) is 2. The molecule has 0 spiro atoms. The second-order valence-electron chi connectivity index (χ2n) is 6.85. The Balaban J connectivity index is 1.86. The van der Waals surface area contributed by atoms with E-state index in [1.165, 1.54) is 11.1 Å². The maximum atomic E-state index is 10.5. The first-order valence-electron chi connectivity index (χ1n) is 8.48. The van der Waals surface area contributed by atoms with Crippen molar-refractivity contribution >= 4 is 17.3 Å². The fourth-order valence-corrected chi connectivity index (χ4v) is 4.00. The average Bonchev–Trinajstić information content (AvgIpc) is 2.64. The molecule has 126 valence electrons. The molecule has 1 heterocycles. The molecule has 0 aromatic heterocycles. The van der Waals surface area contributed by atoms with Crippen LogP contribution in [0.2, 0.25) is 5.02 Å². The van der Waals surface area contributed by atoms with Gasteiger partial charge in [-0.2, -0.15) is 0 Å². The summed E-state index contributed by atoms with van der Waals surface area (Å²) in [7, 11) is 0. The molecular weight excluding hydrogens is 330 g/mol. The van der Waals surface area contributed by atoms with E-state index < -0.39 is 0 Å². The van der Waals surface area contributed by atoms with Gasteiger partial charge in [0.2, 0.25) is 0 Å². The predicted octanol–water partition coefficient (Wildman–Crippen LogP) is 5.91. The smallest absolute Gasteiger partial charge is 0.139 e. The fraction of sp³-hybridized carbons (Fsp3) is 0.182. The van der Waals surface area contributed by atoms with E-state index in [2.05, 4.69) is 54.7 Å². The zero-order valence-corrected chi connectivity index (χ0v) is 14.8. The van der Waals surface area contributed by atoms with Crippen LogP contribution >= 0.6 is 11.6 Å². The second-order valence-corrected chi connectivity index (χ2v) is 7.29. The normalized spacial score (nSPS) is 22.1.